The molecule has 1 unspecified atom stereocenters. The van der Waals surface area contributed by atoms with Crippen molar-refractivity contribution in [2.75, 3.05) is 26.9 Å². The number of oxime groups is 1. The molecule has 1 spiro atoms. The highest BCUT2D eigenvalue weighted by atomic mass is 17.3. The standard InChI is InChI=1S/C28H39NO10/c1-17-6-8-21-18(2)25(36-26-28(21)20(17)10-11-27(3,37-26)38-39-28)34-13-5-12-33-23-14-19(7-9-22(23)32-4)15-29-35-16-24(30)31/h7,9,14-15,17-18,20-21,25-26H,5-6,8,10-13,16H2,1-4H3,(H,30,31)/b29-15+/t17-,18-,20?,21+,25+,26-,27-,28-/m1/s1. The van der Waals surface area contributed by atoms with Gasteiger partial charge in [-0.25, -0.2) is 14.6 Å². The molecule has 0 radical (unpaired) electrons. The van der Waals surface area contributed by atoms with E-state index in [2.05, 4.69) is 19.0 Å². The van der Waals surface area contributed by atoms with Gasteiger partial charge in [-0.1, -0.05) is 19.0 Å². The van der Waals surface area contributed by atoms with Crippen molar-refractivity contribution >= 4 is 12.2 Å². The molecule has 4 aliphatic heterocycles. The largest absolute Gasteiger partial charge is 0.493 e. The van der Waals surface area contributed by atoms with Crippen LogP contribution in [0.1, 0.15) is 58.4 Å². The number of carboxylic acids is 1. The van der Waals surface area contributed by atoms with Crippen LogP contribution in [0.5, 0.6) is 11.5 Å². The van der Waals surface area contributed by atoms with Crippen molar-refractivity contribution < 1.29 is 48.2 Å². The van der Waals surface area contributed by atoms with Crippen molar-refractivity contribution in [1.29, 1.82) is 0 Å². The van der Waals surface area contributed by atoms with E-state index in [0.717, 1.165) is 25.7 Å². The van der Waals surface area contributed by atoms with Crippen LogP contribution < -0.4 is 9.47 Å². The van der Waals surface area contributed by atoms with Crippen molar-refractivity contribution in [3.63, 3.8) is 0 Å². The number of rotatable bonds is 11. The molecule has 5 aliphatic rings. The van der Waals surface area contributed by atoms with Crippen molar-refractivity contribution in [1.82, 2.24) is 0 Å². The fourth-order valence-electron chi connectivity index (χ4n) is 6.58. The highest BCUT2D eigenvalue weighted by Gasteiger charge is 2.69. The first-order chi connectivity index (χ1) is 18.8. The molecule has 6 rings (SSSR count). The average Bonchev–Trinajstić information content (AvgIpc) is 3.15. The summed E-state index contributed by atoms with van der Waals surface area (Å²) in [5.41, 5.74) is 0.0862. The fourth-order valence-corrected chi connectivity index (χ4v) is 6.58. The van der Waals surface area contributed by atoms with Crippen LogP contribution in [0.2, 0.25) is 0 Å². The molecule has 11 nitrogen and oxygen atoms in total. The van der Waals surface area contributed by atoms with E-state index in [1.807, 2.05) is 6.92 Å². The molecule has 216 valence electrons. The summed E-state index contributed by atoms with van der Waals surface area (Å²) in [6.07, 6.45) is 5.05. The summed E-state index contributed by atoms with van der Waals surface area (Å²) in [5, 5.41) is 12.3. The van der Waals surface area contributed by atoms with E-state index in [1.165, 1.54) is 6.21 Å². The molecule has 1 aromatic rings. The Morgan fingerprint density at radius 2 is 2.00 bits per heavy atom. The van der Waals surface area contributed by atoms with E-state index in [-0.39, 0.29) is 11.8 Å². The number of hydrogen-bond donors (Lipinski definition) is 1. The predicted octanol–water partition coefficient (Wildman–Crippen LogP) is 4.12. The van der Waals surface area contributed by atoms with Gasteiger partial charge in [0.05, 0.1) is 26.5 Å². The molecule has 8 atom stereocenters. The minimum Gasteiger partial charge on any atom is -0.493 e. The highest BCUT2D eigenvalue weighted by molar-refractivity contribution is 5.80. The Bertz CT molecular complexity index is 1050. The first kappa shape index (κ1) is 28.1. The number of methoxy groups -OCH3 is 1. The summed E-state index contributed by atoms with van der Waals surface area (Å²) < 4.78 is 30.5. The maximum absolute atomic E-state index is 10.5. The average molecular weight is 550 g/mol. The zero-order chi connectivity index (χ0) is 27.6. The molecule has 0 amide bonds. The zero-order valence-electron chi connectivity index (χ0n) is 23.0. The molecule has 11 heteroatoms. The van der Waals surface area contributed by atoms with Gasteiger partial charge in [-0.2, -0.15) is 0 Å². The lowest BCUT2D eigenvalue weighted by molar-refractivity contribution is -0.577. The van der Waals surface area contributed by atoms with Gasteiger partial charge in [0.25, 0.3) is 0 Å². The molecule has 5 fully saturated rings. The van der Waals surface area contributed by atoms with Crippen LogP contribution in [0.4, 0.5) is 0 Å². The number of carboxylic acid groups (broad SMARTS) is 1. The van der Waals surface area contributed by atoms with Crippen molar-refractivity contribution in [2.24, 2.45) is 28.8 Å². The van der Waals surface area contributed by atoms with E-state index in [1.54, 1.807) is 25.3 Å². The van der Waals surface area contributed by atoms with Crippen LogP contribution >= 0.6 is 0 Å². The van der Waals surface area contributed by atoms with Crippen molar-refractivity contribution in [3.8, 4) is 11.5 Å². The first-order valence-corrected chi connectivity index (χ1v) is 13.8. The summed E-state index contributed by atoms with van der Waals surface area (Å²) in [5.74, 6) is 0.384. The van der Waals surface area contributed by atoms with Gasteiger partial charge in [-0.3, -0.25) is 0 Å². The number of hydrogen-bond acceptors (Lipinski definition) is 10. The third kappa shape index (κ3) is 5.60. The molecule has 1 saturated carbocycles. The summed E-state index contributed by atoms with van der Waals surface area (Å²) >= 11 is 0. The van der Waals surface area contributed by atoms with Gasteiger partial charge >= 0.3 is 5.97 Å². The normalized spacial score (nSPS) is 37.2. The van der Waals surface area contributed by atoms with Gasteiger partial charge in [0, 0.05) is 30.2 Å². The lowest BCUT2D eigenvalue weighted by atomic mass is 9.58. The smallest absolute Gasteiger partial charge is 0.344 e. The van der Waals surface area contributed by atoms with Gasteiger partial charge in [0.15, 0.2) is 29.7 Å². The minimum absolute atomic E-state index is 0.117. The number of nitrogens with zero attached hydrogens (tertiary/aromatic N) is 1. The quantitative estimate of drug-likeness (QED) is 0.187. The zero-order valence-corrected chi connectivity index (χ0v) is 23.0. The summed E-state index contributed by atoms with van der Waals surface area (Å²) in [4.78, 5) is 27.3. The number of fused-ring (bicyclic) bond motifs is 2. The highest BCUT2D eigenvalue weighted by Crippen LogP contribution is 2.60. The van der Waals surface area contributed by atoms with Crippen LogP contribution in [0.25, 0.3) is 0 Å². The van der Waals surface area contributed by atoms with Gasteiger partial charge in [0.2, 0.25) is 12.4 Å². The lowest BCUT2D eigenvalue weighted by Gasteiger charge is -2.60. The second-order valence-electron chi connectivity index (χ2n) is 11.2. The summed E-state index contributed by atoms with van der Waals surface area (Å²) in [7, 11) is 1.57. The summed E-state index contributed by atoms with van der Waals surface area (Å²) in [6.45, 7) is 6.73. The van der Waals surface area contributed by atoms with Gasteiger partial charge in [0.1, 0.15) is 0 Å². The maximum atomic E-state index is 10.5. The third-order valence-electron chi connectivity index (χ3n) is 8.58. The summed E-state index contributed by atoms with van der Waals surface area (Å²) in [6, 6.07) is 5.27. The van der Waals surface area contributed by atoms with Crippen LogP contribution in [0.3, 0.4) is 0 Å². The molecular weight excluding hydrogens is 510 g/mol. The van der Waals surface area contributed by atoms with E-state index in [4.69, 9.17) is 43.4 Å². The Labute approximate surface area is 228 Å². The molecule has 2 bridgehead atoms. The molecule has 4 saturated heterocycles. The van der Waals surface area contributed by atoms with Crippen LogP contribution in [-0.2, 0) is 33.6 Å². The van der Waals surface area contributed by atoms with E-state index in [9.17, 15) is 4.79 Å². The lowest BCUT2D eigenvalue weighted by Crippen LogP contribution is -2.70. The number of carbonyl (C=O) groups is 1. The molecule has 39 heavy (non-hydrogen) atoms. The second kappa shape index (κ2) is 11.6. The molecule has 1 N–H and O–H groups in total. The van der Waals surface area contributed by atoms with E-state index >= 15 is 0 Å². The molecule has 0 aromatic heterocycles. The van der Waals surface area contributed by atoms with Crippen molar-refractivity contribution in [2.45, 2.75) is 76.8 Å². The monoisotopic (exact) mass is 549 g/mol. The van der Waals surface area contributed by atoms with Gasteiger partial charge in [-0.15, -0.1) is 0 Å². The topological polar surface area (TPSA) is 124 Å². The fraction of sp³-hybridized carbons (Fsp3) is 0.714. The SMILES string of the molecule is COc1ccc(/C=N/OCC(=O)O)cc1OCCCO[C@H]1O[C@@H]2O[C@@]3(C)CCC4[C@H](C)CC[C@@H]([C@H]1C)[C@]42OO3. The van der Waals surface area contributed by atoms with Crippen molar-refractivity contribution in [3.05, 3.63) is 23.8 Å². The van der Waals surface area contributed by atoms with Crippen LogP contribution in [0.15, 0.2) is 23.4 Å². The number of ether oxygens (including phenoxy) is 5. The first-order valence-electron chi connectivity index (χ1n) is 13.8. The Kier molecular flexibility index (Phi) is 8.34. The molecular formula is C28H39NO10. The number of benzene rings is 1. The van der Waals surface area contributed by atoms with Crippen LogP contribution in [0, 0.1) is 23.7 Å². The van der Waals surface area contributed by atoms with Crippen LogP contribution in [-0.4, -0.2) is 68.2 Å². The Hall–Kier alpha value is -2.44. The predicted molar refractivity (Wildman–Crippen MR) is 137 cm³/mol. The Balaban J connectivity index is 1.16. The number of aliphatic carboxylic acids is 1. The second-order valence-corrected chi connectivity index (χ2v) is 11.2. The Morgan fingerprint density at radius 1 is 1.15 bits per heavy atom. The Morgan fingerprint density at radius 3 is 2.79 bits per heavy atom. The minimum atomic E-state index is -1.09. The van der Waals surface area contributed by atoms with Gasteiger partial charge < -0.3 is 33.6 Å². The molecule has 4 heterocycles. The van der Waals surface area contributed by atoms with Gasteiger partial charge in [-0.05, 0) is 56.2 Å². The third-order valence-corrected chi connectivity index (χ3v) is 8.58. The maximum Gasteiger partial charge on any atom is 0.344 e. The molecule has 1 aliphatic carbocycles. The molecule has 1 aromatic carbocycles. The van der Waals surface area contributed by atoms with E-state index < -0.39 is 36.5 Å². The van der Waals surface area contributed by atoms with E-state index in [0.29, 0.717) is 48.5 Å².